The first-order valence-corrected chi connectivity index (χ1v) is 3.90. The van der Waals surface area contributed by atoms with Crippen molar-refractivity contribution in [3.8, 4) is 0 Å². The molecule has 2 heteroatoms. The summed E-state index contributed by atoms with van der Waals surface area (Å²) in [6.45, 7) is 6.23. The Morgan fingerprint density at radius 1 is 1.27 bits per heavy atom. The van der Waals surface area contributed by atoms with E-state index in [-0.39, 0.29) is 7.43 Å². The van der Waals surface area contributed by atoms with Crippen LogP contribution in [-0.4, -0.2) is 11.1 Å². The van der Waals surface area contributed by atoms with Crippen molar-refractivity contribution in [2.24, 2.45) is 0 Å². The minimum atomic E-state index is -0.693. The molecule has 0 aromatic heterocycles. The highest BCUT2D eigenvalue weighted by Crippen LogP contribution is 1.91. The maximum absolute atomic E-state index is 9.76. The van der Waals surface area contributed by atoms with Crippen LogP contribution >= 0.6 is 0 Å². The molecule has 0 atom stereocenters. The SMILES string of the molecule is C.CCC.CCCCC(=O)O. The number of rotatable bonds is 3. The average Bonchev–Trinajstić information content (AvgIpc) is 1.85. The summed E-state index contributed by atoms with van der Waals surface area (Å²) in [5.74, 6) is -0.693. The molecule has 1 N–H and O–H groups in total. The number of carbonyl (C=O) groups is 1. The quantitative estimate of drug-likeness (QED) is 0.691. The molecule has 0 saturated carbocycles. The van der Waals surface area contributed by atoms with Gasteiger partial charge in [-0.25, -0.2) is 0 Å². The molecule has 0 rings (SSSR count). The summed E-state index contributed by atoms with van der Waals surface area (Å²) in [5, 5.41) is 8.04. The van der Waals surface area contributed by atoms with Crippen LogP contribution in [0.25, 0.3) is 0 Å². The molecular formula is C9H22O2. The van der Waals surface area contributed by atoms with Crippen LogP contribution in [0.3, 0.4) is 0 Å². The summed E-state index contributed by atoms with van der Waals surface area (Å²) < 4.78 is 0. The Kier molecular flexibility index (Phi) is 24.8. The van der Waals surface area contributed by atoms with Crippen molar-refractivity contribution in [3.63, 3.8) is 0 Å². The predicted octanol–water partition coefficient (Wildman–Crippen LogP) is 3.31. The van der Waals surface area contributed by atoms with Gasteiger partial charge in [0.15, 0.2) is 0 Å². The third-order valence-corrected chi connectivity index (χ3v) is 0.744. The number of carboxylic acids is 1. The maximum Gasteiger partial charge on any atom is 0.303 e. The summed E-state index contributed by atoms with van der Waals surface area (Å²) >= 11 is 0. The minimum Gasteiger partial charge on any atom is -0.481 e. The highest BCUT2D eigenvalue weighted by atomic mass is 16.4. The van der Waals surface area contributed by atoms with Crippen molar-refractivity contribution in [3.05, 3.63) is 0 Å². The van der Waals surface area contributed by atoms with Gasteiger partial charge in [0.25, 0.3) is 0 Å². The molecular weight excluding hydrogens is 140 g/mol. The number of carboxylic acid groups (broad SMARTS) is 1. The molecule has 0 fully saturated rings. The van der Waals surface area contributed by atoms with Crippen molar-refractivity contribution < 1.29 is 9.90 Å². The Morgan fingerprint density at radius 3 is 1.73 bits per heavy atom. The van der Waals surface area contributed by atoms with Gasteiger partial charge in [0.05, 0.1) is 0 Å². The number of unbranched alkanes of at least 4 members (excludes halogenated alkanes) is 1. The second kappa shape index (κ2) is 16.2. The smallest absolute Gasteiger partial charge is 0.303 e. The average molecular weight is 162 g/mol. The van der Waals surface area contributed by atoms with Gasteiger partial charge in [0, 0.05) is 6.42 Å². The van der Waals surface area contributed by atoms with Gasteiger partial charge in [-0.15, -0.1) is 0 Å². The monoisotopic (exact) mass is 162 g/mol. The first-order chi connectivity index (χ1) is 4.68. The van der Waals surface area contributed by atoms with Gasteiger partial charge in [-0.05, 0) is 6.42 Å². The van der Waals surface area contributed by atoms with Crippen molar-refractivity contribution >= 4 is 5.97 Å². The van der Waals surface area contributed by atoms with Gasteiger partial charge in [-0.3, -0.25) is 4.79 Å². The van der Waals surface area contributed by atoms with E-state index in [2.05, 4.69) is 13.8 Å². The van der Waals surface area contributed by atoms with E-state index in [4.69, 9.17) is 5.11 Å². The molecule has 0 aliphatic rings. The zero-order valence-electron chi connectivity index (χ0n) is 7.18. The molecule has 2 nitrogen and oxygen atoms in total. The van der Waals surface area contributed by atoms with Crippen LogP contribution in [0, 0.1) is 0 Å². The van der Waals surface area contributed by atoms with Crippen LogP contribution in [0.5, 0.6) is 0 Å². The van der Waals surface area contributed by atoms with Gasteiger partial charge in [0.1, 0.15) is 0 Å². The lowest BCUT2D eigenvalue weighted by molar-refractivity contribution is -0.137. The lowest BCUT2D eigenvalue weighted by Crippen LogP contribution is -1.91. The van der Waals surface area contributed by atoms with Crippen LogP contribution < -0.4 is 0 Å². The zero-order chi connectivity index (χ0) is 8.41. The summed E-state index contributed by atoms with van der Waals surface area (Å²) in [4.78, 5) is 9.76. The third-order valence-electron chi connectivity index (χ3n) is 0.744. The third kappa shape index (κ3) is 43.9. The van der Waals surface area contributed by atoms with E-state index in [0.717, 1.165) is 12.8 Å². The van der Waals surface area contributed by atoms with Gasteiger partial charge in [0.2, 0.25) is 0 Å². The molecule has 0 aliphatic heterocycles. The van der Waals surface area contributed by atoms with Gasteiger partial charge >= 0.3 is 5.97 Å². The van der Waals surface area contributed by atoms with Crippen molar-refractivity contribution in [2.45, 2.75) is 53.9 Å². The predicted molar refractivity (Wildman–Crippen MR) is 49.9 cm³/mol. The molecule has 0 bridgehead atoms. The fraction of sp³-hybridized carbons (Fsp3) is 0.889. The zero-order valence-corrected chi connectivity index (χ0v) is 7.18. The number of hydrogen-bond acceptors (Lipinski definition) is 1. The lowest BCUT2D eigenvalue weighted by Gasteiger charge is -1.85. The molecule has 11 heavy (non-hydrogen) atoms. The molecule has 0 saturated heterocycles. The molecule has 0 radical (unpaired) electrons. The molecule has 70 valence electrons. The van der Waals surface area contributed by atoms with E-state index < -0.39 is 5.97 Å². The van der Waals surface area contributed by atoms with Crippen molar-refractivity contribution in [2.75, 3.05) is 0 Å². The highest BCUT2D eigenvalue weighted by Gasteiger charge is 1.90. The lowest BCUT2D eigenvalue weighted by atomic mass is 10.3. The van der Waals surface area contributed by atoms with E-state index in [1.807, 2.05) is 6.92 Å². The largest absolute Gasteiger partial charge is 0.481 e. The van der Waals surface area contributed by atoms with Crippen LogP contribution in [0.2, 0.25) is 0 Å². The fourth-order valence-corrected chi connectivity index (χ4v) is 0.328. The topological polar surface area (TPSA) is 37.3 Å². The maximum atomic E-state index is 9.76. The summed E-state index contributed by atoms with van der Waals surface area (Å²) in [6, 6.07) is 0. The van der Waals surface area contributed by atoms with Crippen LogP contribution in [0.15, 0.2) is 0 Å². The second-order valence-corrected chi connectivity index (χ2v) is 2.20. The number of aliphatic carboxylic acids is 1. The molecule has 0 aromatic carbocycles. The Morgan fingerprint density at radius 2 is 1.64 bits per heavy atom. The highest BCUT2D eigenvalue weighted by molar-refractivity contribution is 5.66. The molecule has 0 amide bonds. The normalized spacial score (nSPS) is 7.18. The van der Waals surface area contributed by atoms with E-state index in [9.17, 15) is 4.79 Å². The van der Waals surface area contributed by atoms with E-state index in [1.54, 1.807) is 0 Å². The molecule has 0 aliphatic carbocycles. The van der Waals surface area contributed by atoms with Crippen molar-refractivity contribution in [1.82, 2.24) is 0 Å². The van der Waals surface area contributed by atoms with E-state index in [0.29, 0.717) is 6.42 Å². The summed E-state index contributed by atoms with van der Waals surface area (Å²) in [6.07, 6.45) is 3.33. The Labute approximate surface area is 70.6 Å². The molecule has 0 aromatic rings. The molecule has 0 heterocycles. The standard InChI is InChI=1S/C5H10O2.C3H8.CH4/c1-2-3-4-5(6)7;1-3-2;/h2-4H2,1H3,(H,6,7);3H2,1-2H3;1H4. The Balaban J connectivity index is -0.000000140. The Hall–Kier alpha value is -0.530. The van der Waals surface area contributed by atoms with E-state index >= 15 is 0 Å². The van der Waals surface area contributed by atoms with Gasteiger partial charge < -0.3 is 5.11 Å². The number of hydrogen-bond donors (Lipinski definition) is 1. The molecule has 0 spiro atoms. The minimum absolute atomic E-state index is 0. The molecule has 0 unspecified atom stereocenters. The summed E-state index contributed by atoms with van der Waals surface area (Å²) in [5.41, 5.74) is 0. The van der Waals surface area contributed by atoms with Crippen molar-refractivity contribution in [1.29, 1.82) is 0 Å². The fourth-order valence-electron chi connectivity index (χ4n) is 0.328. The van der Waals surface area contributed by atoms with Crippen LogP contribution in [-0.2, 0) is 4.79 Å². The van der Waals surface area contributed by atoms with Gasteiger partial charge in [-0.1, -0.05) is 41.0 Å². The van der Waals surface area contributed by atoms with Crippen LogP contribution in [0.1, 0.15) is 53.9 Å². The first kappa shape index (κ1) is 16.8. The Bertz CT molecular complexity index is 70.0. The van der Waals surface area contributed by atoms with Gasteiger partial charge in [-0.2, -0.15) is 0 Å². The van der Waals surface area contributed by atoms with Crippen LogP contribution in [0.4, 0.5) is 0 Å². The second-order valence-electron chi connectivity index (χ2n) is 2.20. The first-order valence-electron chi connectivity index (χ1n) is 3.90. The summed E-state index contributed by atoms with van der Waals surface area (Å²) in [7, 11) is 0. The van der Waals surface area contributed by atoms with E-state index in [1.165, 1.54) is 6.42 Å².